The molecule has 0 aliphatic carbocycles. The SMILES string of the molecule is CCN1CC[N+](CC)=C1C.CCN1CC[N+](CC)=C1C.O=C([O-])c1ccccc1C(=O)[O-]. The number of amidine groups is 2. The van der Waals surface area contributed by atoms with Gasteiger partial charge in [0.25, 0.3) is 0 Å². The molecule has 0 unspecified atom stereocenters. The van der Waals surface area contributed by atoms with Crippen LogP contribution in [0.4, 0.5) is 0 Å². The highest BCUT2D eigenvalue weighted by atomic mass is 16.4. The first-order valence-electron chi connectivity index (χ1n) is 11.4. The van der Waals surface area contributed by atoms with Gasteiger partial charge in [-0.1, -0.05) is 24.3 Å². The van der Waals surface area contributed by atoms with E-state index >= 15 is 0 Å². The van der Waals surface area contributed by atoms with Crippen LogP contribution in [-0.2, 0) is 0 Å². The lowest BCUT2D eigenvalue weighted by atomic mass is 10.1. The summed E-state index contributed by atoms with van der Waals surface area (Å²) in [5, 5.41) is 20.6. The van der Waals surface area contributed by atoms with Crippen LogP contribution in [0, 0.1) is 0 Å². The lowest BCUT2D eigenvalue weighted by Gasteiger charge is -2.09. The van der Waals surface area contributed by atoms with Crippen LogP contribution in [-0.4, -0.2) is 94.9 Å². The molecule has 0 fully saturated rings. The molecular weight excluding hydrogens is 408 g/mol. The summed E-state index contributed by atoms with van der Waals surface area (Å²) in [6.45, 7) is 22.8. The monoisotopic (exact) mass is 446 g/mol. The Morgan fingerprint density at radius 2 is 1.12 bits per heavy atom. The van der Waals surface area contributed by atoms with E-state index in [9.17, 15) is 19.8 Å². The predicted octanol–water partition coefficient (Wildman–Crippen LogP) is -0.0410. The van der Waals surface area contributed by atoms with Crippen LogP contribution in [0.5, 0.6) is 0 Å². The second kappa shape index (κ2) is 13.5. The Hall–Kier alpha value is -2.90. The van der Waals surface area contributed by atoms with Crippen molar-refractivity contribution in [2.75, 3.05) is 52.4 Å². The minimum Gasteiger partial charge on any atom is -0.545 e. The molecule has 2 aliphatic heterocycles. The number of aromatic carboxylic acids is 2. The zero-order valence-corrected chi connectivity index (χ0v) is 20.4. The number of hydrogen-bond acceptors (Lipinski definition) is 6. The minimum absolute atomic E-state index is 0.363. The van der Waals surface area contributed by atoms with Gasteiger partial charge in [0, 0.05) is 25.0 Å². The summed E-state index contributed by atoms with van der Waals surface area (Å²) in [5.74, 6) is -0.139. The molecule has 0 bridgehead atoms. The third kappa shape index (κ3) is 7.35. The lowest BCUT2D eigenvalue weighted by Crippen LogP contribution is -2.29. The van der Waals surface area contributed by atoms with Gasteiger partial charge in [0.1, 0.15) is 26.2 Å². The summed E-state index contributed by atoms with van der Waals surface area (Å²) in [5.41, 5.74) is -0.727. The van der Waals surface area contributed by atoms with Crippen LogP contribution in [0.2, 0.25) is 0 Å². The molecule has 0 saturated heterocycles. The summed E-state index contributed by atoms with van der Waals surface area (Å²) in [4.78, 5) is 25.5. The zero-order valence-electron chi connectivity index (χ0n) is 20.4. The number of likely N-dealkylation sites (N-methyl/N-ethyl adjacent to an activating group) is 4. The fraction of sp³-hybridized carbons (Fsp3) is 0.583. The first kappa shape index (κ1) is 27.1. The molecule has 0 atom stereocenters. The lowest BCUT2D eigenvalue weighted by molar-refractivity contribution is -0.514. The Balaban J connectivity index is 0.000000241. The Morgan fingerprint density at radius 1 is 0.781 bits per heavy atom. The van der Waals surface area contributed by atoms with E-state index in [0.29, 0.717) is 0 Å². The second-order valence-corrected chi connectivity index (χ2v) is 7.53. The van der Waals surface area contributed by atoms with E-state index < -0.39 is 11.9 Å². The molecule has 0 amide bonds. The molecule has 0 N–H and O–H groups in total. The standard InChI is InChI=1S/2C8H17N2.C8H6O4/c2*1-4-9-6-7-10(5-2)8(9)3;9-7(10)5-3-1-2-4-6(5)8(11)12/h2*4-7H2,1-3H3;1-4H,(H,9,10)(H,11,12)/q2*+1;/p-2. The largest absolute Gasteiger partial charge is 0.545 e. The molecule has 2 aliphatic rings. The van der Waals surface area contributed by atoms with Gasteiger partial charge in [-0.05, 0) is 27.7 Å². The quantitative estimate of drug-likeness (QED) is 0.570. The highest BCUT2D eigenvalue weighted by Crippen LogP contribution is 2.05. The van der Waals surface area contributed by atoms with Crippen molar-refractivity contribution >= 4 is 23.6 Å². The highest BCUT2D eigenvalue weighted by Gasteiger charge is 2.23. The zero-order chi connectivity index (χ0) is 24.3. The van der Waals surface area contributed by atoms with Crippen molar-refractivity contribution in [2.24, 2.45) is 0 Å². The molecule has 1 aromatic carbocycles. The van der Waals surface area contributed by atoms with Crippen molar-refractivity contribution in [3.63, 3.8) is 0 Å². The maximum atomic E-state index is 10.3. The van der Waals surface area contributed by atoms with Crippen molar-refractivity contribution in [1.29, 1.82) is 0 Å². The van der Waals surface area contributed by atoms with Crippen LogP contribution >= 0.6 is 0 Å². The van der Waals surface area contributed by atoms with Gasteiger partial charge in [0.15, 0.2) is 0 Å². The Kier molecular flexibility index (Phi) is 11.4. The number of carbonyl (C=O) groups excluding carboxylic acids is 2. The topological polar surface area (TPSA) is 92.8 Å². The van der Waals surface area contributed by atoms with Crippen molar-refractivity contribution in [3.05, 3.63) is 35.4 Å². The molecule has 8 nitrogen and oxygen atoms in total. The normalized spacial score (nSPS) is 15.3. The van der Waals surface area contributed by atoms with Gasteiger partial charge in [-0.3, -0.25) is 19.0 Å². The van der Waals surface area contributed by atoms with Crippen LogP contribution in [0.1, 0.15) is 62.3 Å². The average molecular weight is 447 g/mol. The Labute approximate surface area is 192 Å². The number of carboxylic acid groups (broad SMARTS) is 2. The van der Waals surface area contributed by atoms with E-state index in [-0.39, 0.29) is 11.1 Å². The van der Waals surface area contributed by atoms with Crippen LogP contribution in [0.15, 0.2) is 24.3 Å². The summed E-state index contributed by atoms with van der Waals surface area (Å²) >= 11 is 0. The summed E-state index contributed by atoms with van der Waals surface area (Å²) in [7, 11) is 0. The molecule has 32 heavy (non-hydrogen) atoms. The number of rotatable bonds is 6. The molecule has 0 radical (unpaired) electrons. The molecule has 0 aromatic heterocycles. The van der Waals surface area contributed by atoms with Crippen molar-refractivity contribution < 1.29 is 29.0 Å². The van der Waals surface area contributed by atoms with Crippen LogP contribution in [0.3, 0.4) is 0 Å². The Bertz CT molecular complexity index is 779. The number of benzene rings is 1. The molecule has 3 rings (SSSR count). The summed E-state index contributed by atoms with van der Waals surface area (Å²) in [6.07, 6.45) is 0. The van der Waals surface area contributed by atoms with Crippen molar-refractivity contribution in [2.45, 2.75) is 41.5 Å². The van der Waals surface area contributed by atoms with Gasteiger partial charge in [0.05, 0.1) is 38.1 Å². The Morgan fingerprint density at radius 3 is 1.31 bits per heavy atom. The minimum atomic E-state index is -1.52. The molecule has 178 valence electrons. The van der Waals surface area contributed by atoms with E-state index in [2.05, 4.69) is 60.5 Å². The van der Waals surface area contributed by atoms with E-state index in [0.717, 1.165) is 38.3 Å². The van der Waals surface area contributed by atoms with Gasteiger partial charge in [-0.2, -0.15) is 0 Å². The maximum absolute atomic E-state index is 10.3. The maximum Gasteiger partial charge on any atom is 0.243 e. The second-order valence-electron chi connectivity index (χ2n) is 7.53. The van der Waals surface area contributed by atoms with Gasteiger partial charge in [-0.15, -0.1) is 0 Å². The smallest absolute Gasteiger partial charge is 0.243 e. The highest BCUT2D eigenvalue weighted by molar-refractivity contribution is 5.99. The predicted molar refractivity (Wildman–Crippen MR) is 122 cm³/mol. The van der Waals surface area contributed by atoms with Crippen LogP contribution < -0.4 is 10.2 Å². The van der Waals surface area contributed by atoms with E-state index in [1.165, 1.54) is 50.0 Å². The first-order chi connectivity index (χ1) is 15.2. The summed E-state index contributed by atoms with van der Waals surface area (Å²) < 4.78 is 4.84. The summed E-state index contributed by atoms with van der Waals surface area (Å²) in [6, 6.07) is 5.14. The third-order valence-corrected chi connectivity index (χ3v) is 6.00. The van der Waals surface area contributed by atoms with Crippen molar-refractivity contribution in [3.8, 4) is 0 Å². The van der Waals surface area contributed by atoms with Gasteiger partial charge < -0.3 is 19.8 Å². The van der Waals surface area contributed by atoms with Gasteiger partial charge in [-0.25, -0.2) is 0 Å². The average Bonchev–Trinajstić information content (AvgIpc) is 3.35. The number of hydrogen-bond donors (Lipinski definition) is 0. The van der Waals surface area contributed by atoms with Gasteiger partial charge >= 0.3 is 0 Å². The van der Waals surface area contributed by atoms with Crippen LogP contribution in [0.25, 0.3) is 0 Å². The van der Waals surface area contributed by atoms with E-state index in [1.54, 1.807) is 0 Å². The molecule has 8 heteroatoms. The number of carbonyl (C=O) groups is 2. The molecule has 0 spiro atoms. The van der Waals surface area contributed by atoms with E-state index in [4.69, 9.17) is 0 Å². The fourth-order valence-corrected chi connectivity index (χ4v) is 3.92. The number of nitrogens with zero attached hydrogens (tertiary/aromatic N) is 4. The van der Waals surface area contributed by atoms with E-state index in [1.807, 2.05) is 0 Å². The molecule has 2 heterocycles. The van der Waals surface area contributed by atoms with Crippen molar-refractivity contribution in [1.82, 2.24) is 9.80 Å². The molecule has 1 aromatic rings. The third-order valence-electron chi connectivity index (χ3n) is 6.00. The fourth-order valence-electron chi connectivity index (χ4n) is 3.92. The molecule has 0 saturated carbocycles. The molecular formula is C24H38N4O4. The number of carboxylic acids is 2. The van der Waals surface area contributed by atoms with Gasteiger partial charge in [0.2, 0.25) is 11.7 Å². The first-order valence-corrected chi connectivity index (χ1v) is 11.4.